The highest BCUT2D eigenvalue weighted by Gasteiger charge is 2.48. The predicted molar refractivity (Wildman–Crippen MR) is 98.9 cm³/mol. The SMILES string of the molecule is O=C(COC1CC(C(F)(F)F)C1)N[C@H]1CC[C@H](c2nnc([C@H]3C[C@@H](OC(F)(F)F)C3)o2)CC1. The summed E-state index contributed by atoms with van der Waals surface area (Å²) in [5.74, 6) is -1.16. The first-order valence-corrected chi connectivity index (χ1v) is 11.0. The van der Waals surface area contributed by atoms with Crippen molar-refractivity contribution in [3.05, 3.63) is 11.8 Å². The molecule has 0 spiro atoms. The van der Waals surface area contributed by atoms with Crippen LogP contribution in [0.15, 0.2) is 4.42 Å². The van der Waals surface area contributed by atoms with Crippen molar-refractivity contribution >= 4 is 5.91 Å². The summed E-state index contributed by atoms with van der Waals surface area (Å²) < 4.78 is 89.0. The molecule has 0 atom stereocenters. The zero-order valence-corrected chi connectivity index (χ0v) is 17.6. The quantitative estimate of drug-likeness (QED) is 0.578. The normalized spacial score (nSPS) is 32.7. The Morgan fingerprint density at radius 2 is 1.52 bits per heavy atom. The van der Waals surface area contributed by atoms with E-state index in [1.54, 1.807) is 0 Å². The summed E-state index contributed by atoms with van der Waals surface area (Å²) in [6.07, 6.45) is -7.42. The van der Waals surface area contributed by atoms with E-state index in [-0.39, 0.29) is 56.1 Å². The Kier molecular flexibility index (Phi) is 6.90. The molecule has 186 valence electrons. The second-order valence-electron chi connectivity index (χ2n) is 9.09. The van der Waals surface area contributed by atoms with Gasteiger partial charge in [-0.15, -0.1) is 23.4 Å². The molecular weight excluding hydrogens is 460 g/mol. The van der Waals surface area contributed by atoms with Crippen LogP contribution in [0, 0.1) is 5.92 Å². The summed E-state index contributed by atoms with van der Waals surface area (Å²) in [6.45, 7) is -0.261. The molecule has 4 rings (SSSR count). The first-order chi connectivity index (χ1) is 15.5. The van der Waals surface area contributed by atoms with Gasteiger partial charge in [0.1, 0.15) is 6.61 Å². The molecule has 7 nitrogen and oxygen atoms in total. The fourth-order valence-corrected chi connectivity index (χ4v) is 4.55. The Labute approximate surface area is 185 Å². The average Bonchev–Trinajstić information content (AvgIpc) is 3.11. The molecule has 1 aromatic heterocycles. The van der Waals surface area contributed by atoms with E-state index in [0.29, 0.717) is 37.5 Å². The largest absolute Gasteiger partial charge is 0.522 e. The van der Waals surface area contributed by atoms with Crippen LogP contribution in [0.4, 0.5) is 26.3 Å². The molecule has 0 aromatic carbocycles. The van der Waals surface area contributed by atoms with Crippen LogP contribution < -0.4 is 5.32 Å². The highest BCUT2D eigenvalue weighted by Crippen LogP contribution is 2.43. The van der Waals surface area contributed by atoms with Crippen LogP contribution in [0.25, 0.3) is 0 Å². The van der Waals surface area contributed by atoms with Crippen LogP contribution in [-0.4, -0.2) is 53.5 Å². The molecule has 1 N–H and O–H groups in total. The van der Waals surface area contributed by atoms with Crippen molar-refractivity contribution < 1.29 is 45.0 Å². The van der Waals surface area contributed by atoms with Gasteiger partial charge in [0, 0.05) is 17.9 Å². The van der Waals surface area contributed by atoms with E-state index in [4.69, 9.17) is 9.15 Å². The van der Waals surface area contributed by atoms with E-state index < -0.39 is 30.7 Å². The number of carbonyl (C=O) groups excluding carboxylic acids is 1. The van der Waals surface area contributed by atoms with E-state index in [2.05, 4.69) is 20.3 Å². The van der Waals surface area contributed by atoms with Crippen LogP contribution in [-0.2, 0) is 14.3 Å². The summed E-state index contributed by atoms with van der Waals surface area (Å²) in [4.78, 5) is 12.0. The molecule has 0 unspecified atom stereocenters. The molecule has 1 amide bonds. The molecule has 0 radical (unpaired) electrons. The number of carbonyl (C=O) groups is 1. The van der Waals surface area contributed by atoms with Crippen molar-refractivity contribution in [2.45, 2.75) is 94.0 Å². The molecule has 33 heavy (non-hydrogen) atoms. The third-order valence-corrected chi connectivity index (χ3v) is 6.65. The molecule has 3 aliphatic carbocycles. The maximum Gasteiger partial charge on any atom is 0.522 e. The number of nitrogens with one attached hydrogen (secondary N) is 1. The monoisotopic (exact) mass is 485 g/mol. The fraction of sp³-hybridized carbons (Fsp3) is 0.850. The van der Waals surface area contributed by atoms with E-state index in [9.17, 15) is 31.1 Å². The Balaban J connectivity index is 1.13. The summed E-state index contributed by atoms with van der Waals surface area (Å²) in [5.41, 5.74) is 0. The predicted octanol–water partition coefficient (Wildman–Crippen LogP) is 4.35. The molecule has 3 fully saturated rings. The Hall–Kier alpha value is -1.89. The highest BCUT2D eigenvalue weighted by atomic mass is 19.4. The van der Waals surface area contributed by atoms with Gasteiger partial charge in [-0.1, -0.05) is 0 Å². The molecule has 0 saturated heterocycles. The maximum absolute atomic E-state index is 12.5. The van der Waals surface area contributed by atoms with Gasteiger partial charge in [-0.25, -0.2) is 0 Å². The Bertz CT molecular complexity index is 809. The van der Waals surface area contributed by atoms with Gasteiger partial charge in [-0.05, 0) is 51.4 Å². The first kappa shape index (κ1) is 24.2. The van der Waals surface area contributed by atoms with Gasteiger partial charge in [0.15, 0.2) is 0 Å². The number of nitrogens with zero attached hydrogens (tertiary/aromatic N) is 2. The molecule has 0 aliphatic heterocycles. The maximum atomic E-state index is 12.5. The second kappa shape index (κ2) is 9.40. The Morgan fingerprint density at radius 1 is 0.909 bits per heavy atom. The van der Waals surface area contributed by atoms with Gasteiger partial charge < -0.3 is 14.5 Å². The fourth-order valence-electron chi connectivity index (χ4n) is 4.55. The number of hydrogen-bond acceptors (Lipinski definition) is 6. The minimum absolute atomic E-state index is 0.00669. The zero-order chi connectivity index (χ0) is 23.8. The van der Waals surface area contributed by atoms with Crippen LogP contribution in [0.2, 0.25) is 0 Å². The lowest BCUT2D eigenvalue weighted by atomic mass is 9.82. The summed E-state index contributed by atoms with van der Waals surface area (Å²) in [7, 11) is 0. The van der Waals surface area contributed by atoms with Crippen molar-refractivity contribution in [2.24, 2.45) is 5.92 Å². The standard InChI is InChI=1S/C20H25F6N3O4/c21-19(22,23)12-7-14(8-12)31-9-16(30)27-13-3-1-10(2-4-13)17-28-29-18(32-17)11-5-15(6-11)33-20(24,25)26/h10-15H,1-9H2,(H,27,30)/t10-,11-,12?,13-,14?,15+. The summed E-state index contributed by atoms with van der Waals surface area (Å²) in [6, 6.07) is -0.0732. The van der Waals surface area contributed by atoms with Crippen LogP contribution in [0.3, 0.4) is 0 Å². The van der Waals surface area contributed by atoms with E-state index in [1.165, 1.54) is 0 Å². The Morgan fingerprint density at radius 3 is 2.09 bits per heavy atom. The second-order valence-corrected chi connectivity index (χ2v) is 9.09. The molecule has 3 saturated carbocycles. The minimum atomic E-state index is -4.65. The topological polar surface area (TPSA) is 86.5 Å². The third-order valence-electron chi connectivity index (χ3n) is 6.65. The first-order valence-electron chi connectivity index (χ1n) is 11.0. The number of rotatable bonds is 7. The molecule has 1 aromatic rings. The van der Waals surface area contributed by atoms with E-state index in [1.807, 2.05) is 0 Å². The van der Waals surface area contributed by atoms with Crippen molar-refractivity contribution in [3.8, 4) is 0 Å². The molecule has 13 heteroatoms. The van der Waals surface area contributed by atoms with Crippen molar-refractivity contribution in [1.29, 1.82) is 0 Å². The van der Waals surface area contributed by atoms with Crippen molar-refractivity contribution in [3.63, 3.8) is 0 Å². The zero-order valence-electron chi connectivity index (χ0n) is 17.6. The van der Waals surface area contributed by atoms with Gasteiger partial charge in [-0.3, -0.25) is 9.53 Å². The number of halogens is 6. The number of aromatic nitrogens is 2. The number of alkyl halides is 6. The van der Waals surface area contributed by atoms with Gasteiger partial charge in [0.05, 0.1) is 18.1 Å². The molecule has 0 bridgehead atoms. The average molecular weight is 485 g/mol. The van der Waals surface area contributed by atoms with E-state index >= 15 is 0 Å². The highest BCUT2D eigenvalue weighted by molar-refractivity contribution is 5.77. The lowest BCUT2D eigenvalue weighted by Gasteiger charge is -2.36. The van der Waals surface area contributed by atoms with Gasteiger partial charge >= 0.3 is 12.5 Å². The molecular formula is C20H25F6N3O4. The van der Waals surface area contributed by atoms with Crippen molar-refractivity contribution in [1.82, 2.24) is 15.5 Å². The molecule has 3 aliphatic rings. The minimum Gasteiger partial charge on any atom is -0.425 e. The number of hydrogen-bond donors (Lipinski definition) is 1. The van der Waals surface area contributed by atoms with E-state index in [0.717, 1.165) is 0 Å². The van der Waals surface area contributed by atoms with Gasteiger partial charge in [0.2, 0.25) is 17.7 Å². The van der Waals surface area contributed by atoms with Crippen LogP contribution in [0.1, 0.15) is 75.0 Å². The number of amides is 1. The lowest BCUT2D eigenvalue weighted by molar-refractivity contribution is -0.352. The van der Waals surface area contributed by atoms with Crippen LogP contribution >= 0.6 is 0 Å². The third kappa shape index (κ3) is 6.37. The number of ether oxygens (including phenoxy) is 2. The van der Waals surface area contributed by atoms with Crippen LogP contribution in [0.5, 0.6) is 0 Å². The lowest BCUT2D eigenvalue weighted by Crippen LogP contribution is -2.44. The van der Waals surface area contributed by atoms with Crippen molar-refractivity contribution in [2.75, 3.05) is 6.61 Å². The summed E-state index contributed by atoms with van der Waals surface area (Å²) in [5, 5.41) is 10.9. The molecule has 1 heterocycles. The van der Waals surface area contributed by atoms with Gasteiger partial charge in [-0.2, -0.15) is 13.2 Å². The summed E-state index contributed by atoms with van der Waals surface area (Å²) >= 11 is 0. The smallest absolute Gasteiger partial charge is 0.425 e. The van der Waals surface area contributed by atoms with Gasteiger partial charge in [0.25, 0.3) is 0 Å².